The van der Waals surface area contributed by atoms with E-state index in [1.165, 1.54) is 12.1 Å². The number of benzene rings is 1. The van der Waals surface area contributed by atoms with Crippen LogP contribution in [0.5, 0.6) is 0 Å². The van der Waals surface area contributed by atoms with Gasteiger partial charge in [-0.15, -0.1) is 0 Å². The van der Waals surface area contributed by atoms with Gasteiger partial charge in [0.15, 0.2) is 0 Å². The van der Waals surface area contributed by atoms with Crippen molar-refractivity contribution in [2.24, 2.45) is 0 Å². The molecule has 0 saturated heterocycles. The van der Waals surface area contributed by atoms with E-state index < -0.39 is 52.0 Å². The average molecular weight is 483 g/mol. The van der Waals surface area contributed by atoms with Crippen LogP contribution in [0.1, 0.15) is 53.2 Å². The van der Waals surface area contributed by atoms with Crippen LogP contribution in [-0.4, -0.2) is 27.8 Å². The van der Waals surface area contributed by atoms with Crippen LogP contribution < -0.4 is 5.32 Å². The van der Waals surface area contributed by atoms with Crippen molar-refractivity contribution < 1.29 is 31.9 Å². The normalized spacial score (nSPS) is 22.8. The maximum absolute atomic E-state index is 14.6. The molecule has 1 unspecified atom stereocenters. The number of alkyl halides is 4. The highest BCUT2D eigenvalue weighted by atomic mass is 35.5. The molecule has 168 valence electrons. The molecule has 2 N–H and O–H groups in total. The van der Waals surface area contributed by atoms with Gasteiger partial charge in [-0.1, -0.05) is 23.2 Å². The molecule has 0 bridgehead atoms. The maximum Gasteiger partial charge on any atom is 0.417 e. The van der Waals surface area contributed by atoms with Gasteiger partial charge in [-0.25, -0.2) is 13.8 Å². The van der Waals surface area contributed by atoms with Gasteiger partial charge in [0.05, 0.1) is 22.8 Å². The van der Waals surface area contributed by atoms with E-state index in [9.17, 15) is 31.9 Å². The third kappa shape index (κ3) is 5.27. The van der Waals surface area contributed by atoms with Crippen LogP contribution in [0.25, 0.3) is 0 Å². The number of nitrogens with zero attached hydrogens (tertiary/aromatic N) is 1. The molecule has 0 radical (unpaired) electrons. The predicted octanol–water partition coefficient (Wildman–Crippen LogP) is 5.66. The standard InChI is InChI=1S/C20H17Cl2F5N2O2/c21-11-1-2-15(24)13(8-11)16(19(31)5-3-12(23)4-6-19)29-18(30)14-7-10(20(25,26)27)9-28-17(14)22/h1-2,7-9,12,16,31H,3-6H2,(H,29,30)/t12-,16?,19-. The Hall–Kier alpha value is -1.97. The molecule has 1 aliphatic rings. The number of pyridine rings is 1. The van der Waals surface area contributed by atoms with Crippen LogP contribution in [0.4, 0.5) is 22.0 Å². The summed E-state index contributed by atoms with van der Waals surface area (Å²) in [6.07, 6.45) is -5.75. The minimum atomic E-state index is -4.78. The summed E-state index contributed by atoms with van der Waals surface area (Å²) >= 11 is 11.8. The van der Waals surface area contributed by atoms with Gasteiger partial charge in [0.2, 0.25) is 0 Å². The molecule has 1 heterocycles. The second-order valence-corrected chi connectivity index (χ2v) is 8.21. The number of carbonyl (C=O) groups is 1. The Morgan fingerprint density at radius 2 is 1.87 bits per heavy atom. The van der Waals surface area contributed by atoms with Gasteiger partial charge in [0, 0.05) is 16.8 Å². The first-order chi connectivity index (χ1) is 14.4. The number of halogens is 7. The van der Waals surface area contributed by atoms with Crippen LogP contribution in [0.2, 0.25) is 10.2 Å². The van der Waals surface area contributed by atoms with Crippen LogP contribution in [0.15, 0.2) is 30.5 Å². The van der Waals surface area contributed by atoms with E-state index in [1.54, 1.807) is 0 Å². The molecule has 11 heteroatoms. The monoisotopic (exact) mass is 482 g/mol. The summed E-state index contributed by atoms with van der Waals surface area (Å²) < 4.78 is 67.3. The van der Waals surface area contributed by atoms with Crippen molar-refractivity contribution in [2.45, 2.75) is 49.7 Å². The predicted molar refractivity (Wildman–Crippen MR) is 104 cm³/mol. The fourth-order valence-corrected chi connectivity index (χ4v) is 3.95. The van der Waals surface area contributed by atoms with Gasteiger partial charge in [-0.2, -0.15) is 13.2 Å². The van der Waals surface area contributed by atoms with E-state index in [2.05, 4.69) is 10.3 Å². The summed E-state index contributed by atoms with van der Waals surface area (Å²) in [4.78, 5) is 16.2. The molecule has 1 aromatic carbocycles. The van der Waals surface area contributed by atoms with Gasteiger partial charge >= 0.3 is 6.18 Å². The lowest BCUT2D eigenvalue weighted by molar-refractivity contribution is -0.137. The summed E-state index contributed by atoms with van der Waals surface area (Å²) in [6.45, 7) is 0. The molecule has 4 nitrogen and oxygen atoms in total. The third-order valence-electron chi connectivity index (χ3n) is 5.27. The molecule has 3 rings (SSSR count). The number of aromatic nitrogens is 1. The Bertz CT molecular complexity index is 979. The SMILES string of the molecule is O=C(NC(c1cc(Cl)ccc1F)[C@]1(O)CC[C@H](F)CC1)c1cc(C(F)(F)F)cnc1Cl. The Kier molecular flexibility index (Phi) is 6.78. The van der Waals surface area contributed by atoms with Gasteiger partial charge in [-0.05, 0) is 49.9 Å². The molecule has 1 saturated carbocycles. The molecule has 1 aliphatic carbocycles. The first kappa shape index (κ1) is 23.7. The number of aliphatic hydroxyl groups is 1. The highest BCUT2D eigenvalue weighted by Crippen LogP contribution is 2.41. The molecule has 2 aromatic rings. The van der Waals surface area contributed by atoms with Crippen molar-refractivity contribution in [1.29, 1.82) is 0 Å². The average Bonchev–Trinajstić information content (AvgIpc) is 2.70. The van der Waals surface area contributed by atoms with E-state index in [0.29, 0.717) is 12.3 Å². The van der Waals surface area contributed by atoms with E-state index in [-0.39, 0.29) is 36.3 Å². The minimum Gasteiger partial charge on any atom is -0.387 e. The Morgan fingerprint density at radius 1 is 1.23 bits per heavy atom. The van der Waals surface area contributed by atoms with Crippen molar-refractivity contribution in [3.8, 4) is 0 Å². The second kappa shape index (κ2) is 8.88. The van der Waals surface area contributed by atoms with Crippen LogP contribution in [0, 0.1) is 5.82 Å². The summed E-state index contributed by atoms with van der Waals surface area (Å²) in [5.41, 5.74) is -3.75. The quantitative estimate of drug-likeness (QED) is 0.436. The van der Waals surface area contributed by atoms with E-state index in [1.807, 2.05) is 0 Å². The summed E-state index contributed by atoms with van der Waals surface area (Å²) in [5.74, 6) is -1.91. The Morgan fingerprint density at radius 3 is 2.48 bits per heavy atom. The number of rotatable bonds is 4. The Labute approximate surface area is 184 Å². The number of hydrogen-bond acceptors (Lipinski definition) is 3. The fraction of sp³-hybridized carbons (Fsp3) is 0.400. The second-order valence-electron chi connectivity index (χ2n) is 7.41. The van der Waals surface area contributed by atoms with Crippen molar-refractivity contribution in [1.82, 2.24) is 10.3 Å². The topological polar surface area (TPSA) is 62.2 Å². The largest absolute Gasteiger partial charge is 0.417 e. The zero-order valence-electron chi connectivity index (χ0n) is 15.8. The van der Waals surface area contributed by atoms with Gasteiger partial charge in [0.1, 0.15) is 17.1 Å². The van der Waals surface area contributed by atoms with Gasteiger partial charge in [-0.3, -0.25) is 4.79 Å². The van der Waals surface area contributed by atoms with Crippen molar-refractivity contribution in [3.63, 3.8) is 0 Å². The first-order valence-corrected chi connectivity index (χ1v) is 10.0. The number of amides is 1. The zero-order chi connectivity index (χ0) is 23.0. The molecule has 1 amide bonds. The van der Waals surface area contributed by atoms with Crippen molar-refractivity contribution >= 4 is 29.1 Å². The maximum atomic E-state index is 14.6. The molecule has 1 fully saturated rings. The molecule has 31 heavy (non-hydrogen) atoms. The Balaban J connectivity index is 2.01. The molecule has 1 atom stereocenters. The van der Waals surface area contributed by atoms with E-state index in [0.717, 1.165) is 6.07 Å². The summed E-state index contributed by atoms with van der Waals surface area (Å²) in [7, 11) is 0. The van der Waals surface area contributed by atoms with Gasteiger partial charge in [0.25, 0.3) is 5.91 Å². The van der Waals surface area contributed by atoms with Crippen molar-refractivity contribution in [3.05, 3.63) is 63.1 Å². The lowest BCUT2D eigenvalue weighted by Crippen LogP contribution is -2.49. The minimum absolute atomic E-state index is 0.0308. The van der Waals surface area contributed by atoms with E-state index >= 15 is 0 Å². The van der Waals surface area contributed by atoms with Crippen LogP contribution in [-0.2, 0) is 6.18 Å². The number of carbonyl (C=O) groups excluding carboxylic acids is 1. The zero-order valence-corrected chi connectivity index (χ0v) is 17.3. The highest BCUT2D eigenvalue weighted by molar-refractivity contribution is 6.32. The molecular weight excluding hydrogens is 466 g/mol. The first-order valence-electron chi connectivity index (χ1n) is 9.26. The third-order valence-corrected chi connectivity index (χ3v) is 5.81. The smallest absolute Gasteiger partial charge is 0.387 e. The molecule has 1 aromatic heterocycles. The summed E-state index contributed by atoms with van der Waals surface area (Å²) in [5, 5.41) is 13.1. The lowest BCUT2D eigenvalue weighted by Gasteiger charge is -2.40. The van der Waals surface area contributed by atoms with E-state index in [4.69, 9.17) is 23.2 Å². The van der Waals surface area contributed by atoms with Gasteiger partial charge < -0.3 is 10.4 Å². The van der Waals surface area contributed by atoms with Crippen molar-refractivity contribution in [2.75, 3.05) is 0 Å². The summed E-state index contributed by atoms with van der Waals surface area (Å²) in [6, 6.07) is 2.57. The highest BCUT2D eigenvalue weighted by Gasteiger charge is 2.43. The number of nitrogens with one attached hydrogen (secondary N) is 1. The molecule has 0 spiro atoms. The lowest BCUT2D eigenvalue weighted by atomic mass is 9.76. The number of hydrogen-bond donors (Lipinski definition) is 2. The van der Waals surface area contributed by atoms with Crippen LogP contribution in [0.3, 0.4) is 0 Å². The van der Waals surface area contributed by atoms with Crippen LogP contribution >= 0.6 is 23.2 Å². The molecular formula is C20H17Cl2F5N2O2. The fourth-order valence-electron chi connectivity index (χ4n) is 3.58. The molecule has 0 aliphatic heterocycles.